The van der Waals surface area contributed by atoms with Crippen LogP contribution in [0.25, 0.3) is 0 Å². The largest absolute Gasteiger partial charge is 0.339 e. The van der Waals surface area contributed by atoms with E-state index in [1.54, 1.807) is 4.90 Å². The number of carbonyl (C=O) groups is 2. The van der Waals surface area contributed by atoms with Gasteiger partial charge < -0.3 is 15.1 Å². The van der Waals surface area contributed by atoms with E-state index in [2.05, 4.69) is 5.32 Å². The Morgan fingerprint density at radius 1 is 1.30 bits per heavy atom. The Balaban J connectivity index is 1.81. The maximum Gasteiger partial charge on any atom is 0.255 e. The van der Waals surface area contributed by atoms with Gasteiger partial charge in [0.25, 0.3) is 5.91 Å². The van der Waals surface area contributed by atoms with Crippen LogP contribution in [0.15, 0.2) is 24.3 Å². The third-order valence-electron chi connectivity index (χ3n) is 4.98. The molecule has 5 nitrogen and oxygen atoms in total. The number of hydrogen-bond donors (Lipinski definition) is 1. The summed E-state index contributed by atoms with van der Waals surface area (Å²) in [6, 6.07) is 7.63. The molecule has 2 amide bonds. The number of hydrogen-bond acceptors (Lipinski definition) is 3. The minimum absolute atomic E-state index is 0.0167. The molecule has 0 saturated carbocycles. The fraction of sp³-hybridized carbons (Fsp3) is 0.556. The second-order valence-corrected chi connectivity index (χ2v) is 6.84. The van der Waals surface area contributed by atoms with E-state index < -0.39 is 0 Å². The molecule has 0 radical (unpaired) electrons. The second kappa shape index (κ2) is 6.32. The van der Waals surface area contributed by atoms with Crippen LogP contribution in [0.3, 0.4) is 0 Å². The molecule has 2 aliphatic heterocycles. The molecule has 1 fully saturated rings. The Morgan fingerprint density at radius 3 is 2.65 bits per heavy atom. The van der Waals surface area contributed by atoms with E-state index in [0.717, 1.165) is 30.6 Å². The summed E-state index contributed by atoms with van der Waals surface area (Å²) < 4.78 is 0. The van der Waals surface area contributed by atoms with E-state index in [0.29, 0.717) is 12.6 Å². The monoisotopic (exact) mass is 315 g/mol. The molecule has 1 N–H and O–H groups in total. The van der Waals surface area contributed by atoms with Crippen LogP contribution in [0.5, 0.6) is 0 Å². The number of benzene rings is 1. The molecule has 0 bridgehead atoms. The van der Waals surface area contributed by atoms with Crippen LogP contribution in [0.4, 0.5) is 0 Å². The molecule has 2 aliphatic rings. The average molecular weight is 315 g/mol. The number of amides is 2. The highest BCUT2D eigenvalue weighted by Gasteiger charge is 2.40. The fourth-order valence-electron chi connectivity index (χ4n) is 3.66. The van der Waals surface area contributed by atoms with Crippen molar-refractivity contribution in [1.82, 2.24) is 15.1 Å². The summed E-state index contributed by atoms with van der Waals surface area (Å²) in [4.78, 5) is 29.4. The van der Waals surface area contributed by atoms with Crippen molar-refractivity contribution in [1.29, 1.82) is 0 Å². The Morgan fingerprint density at radius 2 is 2.04 bits per heavy atom. The minimum Gasteiger partial charge on any atom is -0.339 e. The molecule has 23 heavy (non-hydrogen) atoms. The number of fused-ring (bicyclic) bond motifs is 1. The number of nitrogens with one attached hydrogen (secondary N) is 1. The summed E-state index contributed by atoms with van der Waals surface area (Å²) >= 11 is 0. The molecule has 0 aromatic heterocycles. The summed E-state index contributed by atoms with van der Waals surface area (Å²) in [6.45, 7) is 6.07. The Kier molecular flexibility index (Phi) is 4.39. The van der Waals surface area contributed by atoms with E-state index in [4.69, 9.17) is 0 Å². The maximum atomic E-state index is 13.0. The summed E-state index contributed by atoms with van der Waals surface area (Å²) in [5.74, 6) is 0.158. The minimum atomic E-state index is -0.384. The first-order valence-electron chi connectivity index (χ1n) is 8.38. The van der Waals surface area contributed by atoms with Gasteiger partial charge in [0.2, 0.25) is 5.91 Å². The first-order chi connectivity index (χ1) is 11.0. The zero-order chi connectivity index (χ0) is 16.6. The van der Waals surface area contributed by atoms with Gasteiger partial charge in [-0.25, -0.2) is 0 Å². The second-order valence-electron chi connectivity index (χ2n) is 6.84. The number of likely N-dealkylation sites (N-methyl/N-ethyl adjacent to an activating group) is 1. The number of likely N-dealkylation sites (tertiary alicyclic amines) is 1. The zero-order valence-corrected chi connectivity index (χ0v) is 14.1. The predicted molar refractivity (Wildman–Crippen MR) is 89.0 cm³/mol. The fourth-order valence-corrected chi connectivity index (χ4v) is 3.66. The van der Waals surface area contributed by atoms with Gasteiger partial charge in [-0.1, -0.05) is 32.0 Å². The molecule has 2 heterocycles. The van der Waals surface area contributed by atoms with Crippen molar-refractivity contribution in [2.45, 2.75) is 38.9 Å². The van der Waals surface area contributed by atoms with Crippen LogP contribution in [-0.4, -0.2) is 53.8 Å². The van der Waals surface area contributed by atoms with Crippen molar-refractivity contribution in [3.8, 4) is 0 Å². The van der Waals surface area contributed by atoms with E-state index in [1.807, 2.05) is 50.1 Å². The lowest BCUT2D eigenvalue weighted by Crippen LogP contribution is -2.51. The first kappa shape index (κ1) is 16.0. The smallest absolute Gasteiger partial charge is 0.255 e. The summed E-state index contributed by atoms with van der Waals surface area (Å²) in [7, 11) is 1.93. The molecule has 1 saturated heterocycles. The van der Waals surface area contributed by atoms with Crippen molar-refractivity contribution in [3.63, 3.8) is 0 Å². The van der Waals surface area contributed by atoms with E-state index >= 15 is 0 Å². The topological polar surface area (TPSA) is 52.7 Å². The Hall–Kier alpha value is -1.88. The summed E-state index contributed by atoms with van der Waals surface area (Å²) in [5.41, 5.74) is 1.76. The van der Waals surface area contributed by atoms with Crippen LogP contribution in [-0.2, 0) is 11.3 Å². The van der Waals surface area contributed by atoms with Crippen LogP contribution >= 0.6 is 0 Å². The average Bonchev–Trinajstić information content (AvgIpc) is 3.13. The number of nitrogens with zero attached hydrogens (tertiary/aromatic N) is 2. The molecule has 0 spiro atoms. The van der Waals surface area contributed by atoms with Crippen molar-refractivity contribution in [2.75, 3.05) is 20.1 Å². The molecular formula is C18H25N3O2. The molecular weight excluding hydrogens is 290 g/mol. The molecule has 3 rings (SSSR count). The van der Waals surface area contributed by atoms with E-state index in [-0.39, 0.29) is 23.8 Å². The molecule has 0 aliphatic carbocycles. The van der Waals surface area contributed by atoms with E-state index in [9.17, 15) is 9.59 Å². The van der Waals surface area contributed by atoms with Crippen molar-refractivity contribution in [2.24, 2.45) is 5.92 Å². The van der Waals surface area contributed by atoms with Crippen LogP contribution in [0, 0.1) is 5.92 Å². The molecule has 1 aromatic carbocycles. The highest BCUT2D eigenvalue weighted by molar-refractivity contribution is 6.01. The lowest BCUT2D eigenvalue weighted by Gasteiger charge is -2.33. The number of carbonyl (C=O) groups excluding carboxylic acids is 2. The standard InChI is InChI=1S/C18H25N3O2/c1-12(2)16(18(23)20-9-8-14(11-20)19-3)21-10-13-6-4-5-7-15(13)17(21)22/h4-7,12,14,16,19H,8-11H2,1-3H3/t14?,16-/m1/s1. The third-order valence-corrected chi connectivity index (χ3v) is 4.98. The highest BCUT2D eigenvalue weighted by atomic mass is 16.2. The van der Waals surface area contributed by atoms with Crippen molar-refractivity contribution >= 4 is 11.8 Å². The van der Waals surface area contributed by atoms with Gasteiger partial charge in [0.05, 0.1) is 0 Å². The molecule has 124 valence electrons. The quantitative estimate of drug-likeness (QED) is 0.916. The third kappa shape index (κ3) is 2.85. The van der Waals surface area contributed by atoms with Crippen LogP contribution < -0.4 is 5.32 Å². The molecule has 5 heteroatoms. The van der Waals surface area contributed by atoms with Gasteiger partial charge >= 0.3 is 0 Å². The van der Waals surface area contributed by atoms with Gasteiger partial charge in [-0.05, 0) is 31.0 Å². The lowest BCUT2D eigenvalue weighted by atomic mass is 10.0. The van der Waals surface area contributed by atoms with Gasteiger partial charge in [-0.15, -0.1) is 0 Å². The van der Waals surface area contributed by atoms with Gasteiger partial charge in [0.1, 0.15) is 6.04 Å². The highest BCUT2D eigenvalue weighted by Crippen LogP contribution is 2.28. The molecule has 1 unspecified atom stereocenters. The van der Waals surface area contributed by atoms with Gasteiger partial charge in [-0.3, -0.25) is 9.59 Å². The van der Waals surface area contributed by atoms with E-state index in [1.165, 1.54) is 0 Å². The maximum absolute atomic E-state index is 13.0. The summed E-state index contributed by atoms with van der Waals surface area (Å²) in [6.07, 6.45) is 0.973. The van der Waals surface area contributed by atoms with Crippen molar-refractivity contribution in [3.05, 3.63) is 35.4 Å². The first-order valence-corrected chi connectivity index (χ1v) is 8.38. The van der Waals surface area contributed by atoms with Gasteiger partial charge in [0, 0.05) is 31.2 Å². The Labute approximate surface area is 137 Å². The normalized spacial score (nSPS) is 21.9. The molecule has 2 atom stereocenters. The van der Waals surface area contributed by atoms with Gasteiger partial charge in [0.15, 0.2) is 0 Å². The van der Waals surface area contributed by atoms with Crippen molar-refractivity contribution < 1.29 is 9.59 Å². The van der Waals surface area contributed by atoms with Crippen LogP contribution in [0.1, 0.15) is 36.2 Å². The Bertz CT molecular complexity index is 614. The zero-order valence-electron chi connectivity index (χ0n) is 14.1. The van der Waals surface area contributed by atoms with Gasteiger partial charge in [-0.2, -0.15) is 0 Å². The SMILES string of the molecule is CNC1CCN(C(=O)[C@@H](C(C)C)N2Cc3ccccc3C2=O)C1. The lowest BCUT2D eigenvalue weighted by molar-refractivity contribution is -0.136. The molecule has 1 aromatic rings. The number of rotatable bonds is 4. The summed E-state index contributed by atoms with van der Waals surface area (Å²) in [5, 5.41) is 3.23. The predicted octanol–water partition coefficient (Wildman–Crippen LogP) is 1.49. The van der Waals surface area contributed by atoms with Crippen LogP contribution in [0.2, 0.25) is 0 Å².